The average molecular weight is 285 g/mol. The van der Waals surface area contributed by atoms with E-state index in [0.717, 1.165) is 12.2 Å². The van der Waals surface area contributed by atoms with E-state index in [-0.39, 0.29) is 6.04 Å². The topological polar surface area (TPSA) is 12.0 Å². The highest BCUT2D eigenvalue weighted by molar-refractivity contribution is 7.99. The molecule has 0 fully saturated rings. The molecule has 2 heteroatoms. The summed E-state index contributed by atoms with van der Waals surface area (Å²) < 4.78 is 0. The first kappa shape index (κ1) is 15.1. The van der Waals surface area contributed by atoms with Gasteiger partial charge in [-0.1, -0.05) is 50.2 Å². The van der Waals surface area contributed by atoms with Crippen molar-refractivity contribution in [3.05, 3.63) is 65.2 Å². The molecular formula is C18H23NS. The number of benzene rings is 2. The zero-order valence-electron chi connectivity index (χ0n) is 12.5. The van der Waals surface area contributed by atoms with Gasteiger partial charge in [0.2, 0.25) is 0 Å². The van der Waals surface area contributed by atoms with Gasteiger partial charge in [0, 0.05) is 4.90 Å². The summed E-state index contributed by atoms with van der Waals surface area (Å²) in [5, 5.41) is 3.43. The Morgan fingerprint density at radius 1 is 1.00 bits per heavy atom. The second-order valence-electron chi connectivity index (χ2n) is 4.82. The first-order valence-corrected chi connectivity index (χ1v) is 8.25. The lowest BCUT2D eigenvalue weighted by molar-refractivity contribution is 0.690. The number of nitrogens with one attached hydrogen (secondary N) is 1. The molecule has 0 aliphatic carbocycles. The van der Waals surface area contributed by atoms with Crippen LogP contribution in [0.25, 0.3) is 0 Å². The lowest BCUT2D eigenvalue weighted by atomic mass is 9.97. The van der Waals surface area contributed by atoms with Crippen molar-refractivity contribution in [2.45, 2.75) is 31.2 Å². The minimum absolute atomic E-state index is 0.266. The van der Waals surface area contributed by atoms with Crippen molar-refractivity contribution in [1.29, 1.82) is 0 Å². The molecule has 1 atom stereocenters. The van der Waals surface area contributed by atoms with Gasteiger partial charge in [-0.3, -0.25) is 0 Å². The van der Waals surface area contributed by atoms with Gasteiger partial charge in [-0.2, -0.15) is 0 Å². The van der Waals surface area contributed by atoms with E-state index in [0.29, 0.717) is 0 Å². The van der Waals surface area contributed by atoms with Crippen molar-refractivity contribution in [2.75, 3.05) is 12.8 Å². The zero-order chi connectivity index (χ0) is 14.4. The largest absolute Gasteiger partial charge is 0.309 e. The second kappa shape index (κ2) is 7.51. The Hall–Kier alpha value is -1.25. The van der Waals surface area contributed by atoms with Crippen LogP contribution < -0.4 is 5.32 Å². The van der Waals surface area contributed by atoms with Crippen LogP contribution in [0, 0.1) is 0 Å². The highest BCUT2D eigenvalue weighted by Crippen LogP contribution is 2.25. The van der Waals surface area contributed by atoms with Crippen molar-refractivity contribution in [3.8, 4) is 0 Å². The molecule has 2 aromatic rings. The number of hydrogen-bond donors (Lipinski definition) is 1. The van der Waals surface area contributed by atoms with Gasteiger partial charge >= 0.3 is 0 Å². The molecule has 1 N–H and O–H groups in total. The maximum absolute atomic E-state index is 3.43. The van der Waals surface area contributed by atoms with Crippen LogP contribution in [0.15, 0.2) is 53.4 Å². The third-order valence-corrected chi connectivity index (χ3v) is 4.40. The molecule has 0 aliphatic heterocycles. The van der Waals surface area contributed by atoms with Gasteiger partial charge in [0.05, 0.1) is 6.04 Å². The first-order chi connectivity index (χ1) is 9.78. The van der Waals surface area contributed by atoms with Crippen LogP contribution in [0.5, 0.6) is 0 Å². The van der Waals surface area contributed by atoms with Crippen LogP contribution in [0.4, 0.5) is 0 Å². The molecule has 1 nitrogen and oxygen atoms in total. The van der Waals surface area contributed by atoms with E-state index in [4.69, 9.17) is 0 Å². The van der Waals surface area contributed by atoms with Gasteiger partial charge in [-0.05, 0) is 48.0 Å². The summed E-state index contributed by atoms with van der Waals surface area (Å²) in [4.78, 5) is 1.34. The molecular weight excluding hydrogens is 262 g/mol. The number of rotatable bonds is 6. The molecule has 0 aromatic heterocycles. The molecule has 2 aromatic carbocycles. The van der Waals surface area contributed by atoms with E-state index in [9.17, 15) is 0 Å². The molecule has 0 heterocycles. The minimum Gasteiger partial charge on any atom is -0.309 e. The fourth-order valence-electron chi connectivity index (χ4n) is 2.44. The third-order valence-electron chi connectivity index (χ3n) is 3.51. The van der Waals surface area contributed by atoms with E-state index >= 15 is 0 Å². The van der Waals surface area contributed by atoms with Gasteiger partial charge in [0.25, 0.3) is 0 Å². The maximum atomic E-state index is 3.43. The third kappa shape index (κ3) is 3.65. The first-order valence-electron chi connectivity index (χ1n) is 7.27. The van der Waals surface area contributed by atoms with Crippen LogP contribution in [0.3, 0.4) is 0 Å². The van der Waals surface area contributed by atoms with Gasteiger partial charge in [-0.25, -0.2) is 0 Å². The SMILES string of the molecule is CCSc1ccc(C(NC)c2cccc(CC)c2)cc1. The fourth-order valence-corrected chi connectivity index (χ4v) is 3.10. The molecule has 0 aliphatic rings. The molecule has 0 saturated carbocycles. The van der Waals surface area contributed by atoms with E-state index in [1.54, 1.807) is 0 Å². The molecule has 106 valence electrons. The van der Waals surface area contributed by atoms with Crippen LogP contribution in [0.1, 0.15) is 36.6 Å². The summed E-state index contributed by atoms with van der Waals surface area (Å²) >= 11 is 1.88. The predicted octanol–water partition coefficient (Wildman–Crippen LogP) is 4.67. The molecule has 1 unspecified atom stereocenters. The Kier molecular flexibility index (Phi) is 5.69. The van der Waals surface area contributed by atoms with E-state index < -0.39 is 0 Å². The Balaban J connectivity index is 2.26. The number of aryl methyl sites for hydroxylation is 1. The highest BCUT2D eigenvalue weighted by Gasteiger charge is 2.12. The summed E-state index contributed by atoms with van der Waals surface area (Å²) in [6.07, 6.45) is 1.08. The van der Waals surface area contributed by atoms with Crippen molar-refractivity contribution in [3.63, 3.8) is 0 Å². The zero-order valence-corrected chi connectivity index (χ0v) is 13.3. The van der Waals surface area contributed by atoms with Gasteiger partial charge in [0.1, 0.15) is 0 Å². The van der Waals surface area contributed by atoms with Crippen molar-refractivity contribution in [1.82, 2.24) is 5.32 Å². The quantitative estimate of drug-likeness (QED) is 0.774. The monoisotopic (exact) mass is 285 g/mol. The van der Waals surface area contributed by atoms with Crippen LogP contribution in [-0.4, -0.2) is 12.8 Å². The highest BCUT2D eigenvalue weighted by atomic mass is 32.2. The standard InChI is InChI=1S/C18H23NS/c1-4-14-7-6-8-16(13-14)18(19-3)15-9-11-17(12-10-15)20-5-2/h6-13,18-19H,4-5H2,1-3H3. The van der Waals surface area contributed by atoms with Crippen LogP contribution >= 0.6 is 11.8 Å². The predicted molar refractivity (Wildman–Crippen MR) is 89.6 cm³/mol. The molecule has 0 amide bonds. The lowest BCUT2D eigenvalue weighted by Gasteiger charge is -2.18. The Morgan fingerprint density at radius 3 is 2.35 bits per heavy atom. The molecule has 2 rings (SSSR count). The summed E-state index contributed by atoms with van der Waals surface area (Å²) in [7, 11) is 2.03. The van der Waals surface area contributed by atoms with Crippen molar-refractivity contribution >= 4 is 11.8 Å². The Bertz CT molecular complexity index is 533. The Labute approximate surface area is 126 Å². The van der Waals surface area contributed by atoms with Crippen LogP contribution in [0.2, 0.25) is 0 Å². The fraction of sp³-hybridized carbons (Fsp3) is 0.333. The summed E-state index contributed by atoms with van der Waals surface area (Å²) in [6.45, 7) is 4.38. The summed E-state index contributed by atoms with van der Waals surface area (Å²) in [6, 6.07) is 18.0. The van der Waals surface area contributed by atoms with Crippen LogP contribution in [-0.2, 0) is 6.42 Å². The molecule has 0 saturated heterocycles. The van der Waals surface area contributed by atoms with Gasteiger partial charge in [-0.15, -0.1) is 11.8 Å². The molecule has 0 spiro atoms. The summed E-state index contributed by atoms with van der Waals surface area (Å²) in [5.74, 6) is 1.12. The molecule has 0 radical (unpaired) electrons. The smallest absolute Gasteiger partial charge is 0.0574 e. The average Bonchev–Trinajstić information content (AvgIpc) is 2.50. The molecule has 20 heavy (non-hydrogen) atoms. The normalized spacial score (nSPS) is 12.3. The van der Waals surface area contributed by atoms with E-state index in [1.165, 1.54) is 21.6 Å². The van der Waals surface area contributed by atoms with E-state index in [1.807, 2.05) is 18.8 Å². The van der Waals surface area contributed by atoms with Gasteiger partial charge in [0.15, 0.2) is 0 Å². The lowest BCUT2D eigenvalue weighted by Crippen LogP contribution is -2.17. The van der Waals surface area contributed by atoms with Crippen molar-refractivity contribution in [2.24, 2.45) is 0 Å². The number of thioether (sulfide) groups is 1. The summed E-state index contributed by atoms with van der Waals surface area (Å²) in [5.41, 5.74) is 4.05. The van der Waals surface area contributed by atoms with E-state index in [2.05, 4.69) is 67.7 Å². The molecule has 0 bridgehead atoms. The van der Waals surface area contributed by atoms with Crippen molar-refractivity contribution < 1.29 is 0 Å². The second-order valence-corrected chi connectivity index (χ2v) is 6.16. The minimum atomic E-state index is 0.266. The maximum Gasteiger partial charge on any atom is 0.0574 e. The van der Waals surface area contributed by atoms with Gasteiger partial charge < -0.3 is 5.32 Å². The number of hydrogen-bond acceptors (Lipinski definition) is 2. The Morgan fingerprint density at radius 2 is 1.75 bits per heavy atom.